The SMILES string of the molecule is O=C(c1cc(Br)no1)N1CC2CNC[C@@H]2C1. The summed E-state index contributed by atoms with van der Waals surface area (Å²) in [5, 5.41) is 7.01. The van der Waals surface area contributed by atoms with Gasteiger partial charge in [0.2, 0.25) is 5.76 Å². The van der Waals surface area contributed by atoms with Crippen molar-refractivity contribution in [2.75, 3.05) is 26.2 Å². The zero-order chi connectivity index (χ0) is 11.1. The second-order valence-electron chi connectivity index (χ2n) is 4.40. The van der Waals surface area contributed by atoms with Crippen molar-refractivity contribution < 1.29 is 9.32 Å². The van der Waals surface area contributed by atoms with E-state index >= 15 is 0 Å². The van der Waals surface area contributed by atoms with Gasteiger partial charge < -0.3 is 14.7 Å². The molecule has 2 aliphatic heterocycles. The number of hydrogen-bond donors (Lipinski definition) is 1. The van der Waals surface area contributed by atoms with E-state index in [-0.39, 0.29) is 5.91 Å². The van der Waals surface area contributed by atoms with Crippen LogP contribution in [0.3, 0.4) is 0 Å². The molecule has 0 bridgehead atoms. The first-order chi connectivity index (χ1) is 7.74. The third kappa shape index (κ3) is 1.66. The number of nitrogens with zero attached hydrogens (tertiary/aromatic N) is 2. The topological polar surface area (TPSA) is 58.4 Å². The smallest absolute Gasteiger partial charge is 0.292 e. The summed E-state index contributed by atoms with van der Waals surface area (Å²) in [5.41, 5.74) is 0. The Morgan fingerprint density at radius 3 is 2.75 bits per heavy atom. The molecule has 2 fully saturated rings. The minimum Gasteiger partial charge on any atom is -0.350 e. The third-order valence-corrected chi connectivity index (χ3v) is 3.74. The first-order valence-corrected chi connectivity index (χ1v) is 6.15. The van der Waals surface area contributed by atoms with Crippen LogP contribution in [0.15, 0.2) is 15.2 Å². The first-order valence-electron chi connectivity index (χ1n) is 5.36. The summed E-state index contributed by atoms with van der Waals surface area (Å²) >= 11 is 3.17. The van der Waals surface area contributed by atoms with Gasteiger partial charge in [-0.3, -0.25) is 4.79 Å². The van der Waals surface area contributed by atoms with Crippen molar-refractivity contribution in [3.8, 4) is 0 Å². The van der Waals surface area contributed by atoms with Crippen LogP contribution in [0.5, 0.6) is 0 Å². The second-order valence-corrected chi connectivity index (χ2v) is 5.21. The molecule has 3 heterocycles. The van der Waals surface area contributed by atoms with Gasteiger partial charge in [-0.2, -0.15) is 0 Å². The summed E-state index contributed by atoms with van der Waals surface area (Å²) in [6.07, 6.45) is 0. The highest BCUT2D eigenvalue weighted by atomic mass is 79.9. The van der Waals surface area contributed by atoms with E-state index in [2.05, 4.69) is 26.4 Å². The molecule has 1 aromatic rings. The minimum atomic E-state index is -0.0485. The largest absolute Gasteiger partial charge is 0.350 e. The number of carbonyl (C=O) groups excluding carboxylic acids is 1. The van der Waals surface area contributed by atoms with Gasteiger partial charge in [-0.1, -0.05) is 5.16 Å². The highest BCUT2D eigenvalue weighted by Gasteiger charge is 2.39. The minimum absolute atomic E-state index is 0.0485. The molecule has 1 aromatic heterocycles. The van der Waals surface area contributed by atoms with Gasteiger partial charge in [0.15, 0.2) is 0 Å². The lowest BCUT2D eigenvalue weighted by Crippen LogP contribution is -2.31. The fourth-order valence-electron chi connectivity index (χ4n) is 2.53. The van der Waals surface area contributed by atoms with Gasteiger partial charge in [0, 0.05) is 32.2 Å². The van der Waals surface area contributed by atoms with E-state index in [1.165, 1.54) is 0 Å². The molecule has 0 radical (unpaired) electrons. The summed E-state index contributed by atoms with van der Waals surface area (Å²) in [5.74, 6) is 1.48. The maximum absolute atomic E-state index is 12.0. The summed E-state index contributed by atoms with van der Waals surface area (Å²) in [6.45, 7) is 3.70. The Balaban J connectivity index is 1.73. The molecule has 1 amide bonds. The van der Waals surface area contributed by atoms with Gasteiger partial charge in [-0.05, 0) is 27.8 Å². The van der Waals surface area contributed by atoms with Gasteiger partial charge in [-0.15, -0.1) is 0 Å². The average Bonchev–Trinajstić information content (AvgIpc) is 2.89. The van der Waals surface area contributed by atoms with E-state index in [4.69, 9.17) is 4.52 Å². The molecule has 5 nitrogen and oxygen atoms in total. The van der Waals surface area contributed by atoms with E-state index in [9.17, 15) is 4.79 Å². The Morgan fingerprint density at radius 2 is 2.19 bits per heavy atom. The molecular formula is C10H12BrN3O2. The molecule has 16 heavy (non-hydrogen) atoms. The molecule has 3 rings (SSSR count). The predicted molar refractivity (Wildman–Crippen MR) is 60.0 cm³/mol. The fourth-order valence-corrected chi connectivity index (χ4v) is 2.81. The van der Waals surface area contributed by atoms with Crippen LogP contribution >= 0.6 is 15.9 Å². The van der Waals surface area contributed by atoms with E-state index in [0.717, 1.165) is 26.2 Å². The monoisotopic (exact) mass is 285 g/mol. The van der Waals surface area contributed by atoms with Crippen molar-refractivity contribution in [2.24, 2.45) is 11.8 Å². The van der Waals surface area contributed by atoms with Crippen LogP contribution in [-0.2, 0) is 0 Å². The Labute approximate surface area is 101 Å². The van der Waals surface area contributed by atoms with E-state index in [1.54, 1.807) is 6.07 Å². The van der Waals surface area contributed by atoms with Crippen LogP contribution in [0.4, 0.5) is 0 Å². The number of halogens is 1. The molecule has 86 valence electrons. The molecule has 2 atom stereocenters. The molecule has 0 aliphatic carbocycles. The highest BCUT2D eigenvalue weighted by Crippen LogP contribution is 2.27. The van der Waals surface area contributed by atoms with E-state index in [1.807, 2.05) is 4.90 Å². The molecule has 0 saturated carbocycles. The Bertz CT molecular complexity index is 408. The normalized spacial score (nSPS) is 28.4. The summed E-state index contributed by atoms with van der Waals surface area (Å²) in [6, 6.07) is 1.62. The van der Waals surface area contributed by atoms with Gasteiger partial charge >= 0.3 is 0 Å². The number of nitrogens with one attached hydrogen (secondary N) is 1. The van der Waals surface area contributed by atoms with Crippen molar-refractivity contribution in [3.05, 3.63) is 16.4 Å². The number of aromatic nitrogens is 1. The van der Waals surface area contributed by atoms with Crippen molar-refractivity contribution in [2.45, 2.75) is 0 Å². The summed E-state index contributed by atoms with van der Waals surface area (Å²) in [4.78, 5) is 13.9. The molecule has 6 heteroatoms. The average molecular weight is 286 g/mol. The number of likely N-dealkylation sites (tertiary alicyclic amines) is 1. The zero-order valence-corrected chi connectivity index (χ0v) is 10.2. The maximum atomic E-state index is 12.0. The Kier molecular flexibility index (Phi) is 2.48. The summed E-state index contributed by atoms with van der Waals surface area (Å²) < 4.78 is 5.52. The zero-order valence-electron chi connectivity index (χ0n) is 8.65. The predicted octanol–water partition coefficient (Wildman–Crippen LogP) is 0.728. The Morgan fingerprint density at radius 1 is 1.50 bits per heavy atom. The van der Waals surface area contributed by atoms with Crippen molar-refractivity contribution in [3.63, 3.8) is 0 Å². The second kappa shape index (κ2) is 3.85. The van der Waals surface area contributed by atoms with E-state index < -0.39 is 0 Å². The van der Waals surface area contributed by atoms with Crippen LogP contribution in [-0.4, -0.2) is 42.1 Å². The lowest BCUT2D eigenvalue weighted by Gasteiger charge is -2.15. The number of fused-ring (bicyclic) bond motifs is 1. The van der Waals surface area contributed by atoms with Crippen LogP contribution in [0.2, 0.25) is 0 Å². The standard InChI is InChI=1S/C10H12BrN3O2/c11-9-1-8(16-13-9)10(15)14-4-6-2-12-3-7(6)5-14/h1,6-7,12H,2-5H2/t6-,7?/m1/s1. The van der Waals surface area contributed by atoms with Crippen LogP contribution in [0.25, 0.3) is 0 Å². The number of carbonyl (C=O) groups is 1. The molecule has 2 aliphatic rings. The van der Waals surface area contributed by atoms with Crippen molar-refractivity contribution in [1.82, 2.24) is 15.4 Å². The van der Waals surface area contributed by atoms with Crippen molar-refractivity contribution in [1.29, 1.82) is 0 Å². The number of hydrogen-bond acceptors (Lipinski definition) is 4. The number of rotatable bonds is 1. The van der Waals surface area contributed by atoms with Crippen LogP contribution in [0, 0.1) is 11.8 Å². The highest BCUT2D eigenvalue weighted by molar-refractivity contribution is 9.10. The van der Waals surface area contributed by atoms with Crippen molar-refractivity contribution >= 4 is 21.8 Å². The quantitative estimate of drug-likeness (QED) is 0.827. The molecule has 2 saturated heterocycles. The molecule has 1 N–H and O–H groups in total. The van der Waals surface area contributed by atoms with Crippen LogP contribution < -0.4 is 5.32 Å². The van der Waals surface area contributed by atoms with Crippen LogP contribution in [0.1, 0.15) is 10.6 Å². The molecular weight excluding hydrogens is 274 g/mol. The first kappa shape index (κ1) is 10.3. The molecule has 0 spiro atoms. The maximum Gasteiger partial charge on any atom is 0.292 e. The van der Waals surface area contributed by atoms with Gasteiger partial charge in [-0.25, -0.2) is 0 Å². The molecule has 1 unspecified atom stereocenters. The Hall–Kier alpha value is -0.880. The van der Waals surface area contributed by atoms with Gasteiger partial charge in [0.1, 0.15) is 4.60 Å². The lowest BCUT2D eigenvalue weighted by atomic mass is 10.0. The fraction of sp³-hybridized carbons (Fsp3) is 0.600. The lowest BCUT2D eigenvalue weighted by molar-refractivity contribution is 0.0740. The van der Waals surface area contributed by atoms with Gasteiger partial charge in [0.05, 0.1) is 0 Å². The van der Waals surface area contributed by atoms with E-state index in [0.29, 0.717) is 22.2 Å². The third-order valence-electron chi connectivity index (χ3n) is 3.37. The number of amides is 1. The molecule has 0 aromatic carbocycles. The van der Waals surface area contributed by atoms with Gasteiger partial charge in [0.25, 0.3) is 5.91 Å². The summed E-state index contributed by atoms with van der Waals surface area (Å²) in [7, 11) is 0.